The quantitative estimate of drug-likeness (QED) is 0.0222. The molecule has 0 saturated carbocycles. The maximum Gasteiger partial charge on any atom is 0.472 e. The molecule has 0 aliphatic heterocycles. The summed E-state index contributed by atoms with van der Waals surface area (Å²) in [5.74, 6) is -0.667. The number of esters is 4. The fourth-order valence-corrected chi connectivity index (χ4v) is 12.7. The Morgan fingerprint density at radius 2 is 0.554 bits per heavy atom. The van der Waals surface area contributed by atoms with Crippen LogP contribution in [0.5, 0.6) is 0 Å². The van der Waals surface area contributed by atoms with E-state index < -0.39 is 97.5 Å². The van der Waals surface area contributed by atoms with Crippen LogP contribution in [-0.2, 0) is 65.4 Å². The van der Waals surface area contributed by atoms with E-state index >= 15 is 0 Å². The monoisotopic (exact) mass is 1350 g/mol. The largest absolute Gasteiger partial charge is 0.472 e. The Morgan fingerprint density at radius 3 is 0.826 bits per heavy atom. The van der Waals surface area contributed by atoms with Crippen LogP contribution >= 0.6 is 15.6 Å². The predicted molar refractivity (Wildman–Crippen MR) is 372 cm³/mol. The highest BCUT2D eigenvalue weighted by Crippen LogP contribution is 2.45. The van der Waals surface area contributed by atoms with Crippen molar-refractivity contribution in [2.75, 3.05) is 39.6 Å². The summed E-state index contributed by atoms with van der Waals surface area (Å²) >= 11 is 0. The lowest BCUT2D eigenvalue weighted by atomic mass is 9.99. The zero-order chi connectivity index (χ0) is 67.9. The standard InChI is InChI=1S/C73H142O17P2/c1-7-10-12-14-16-18-20-21-22-23-24-25-26-27-28-29-30-32-38-46-52-58-73(78)89-68(61-83-70(75)55-49-43-36-34-33-35-42-48-54-66(6)9-3)63-87-91(79,80)85-59-67(74)60-86-92(81,82)88-64-69(62-84-71(76)56-50-44-40-39-41-47-53-65(4)5)90-72(77)57-51-45-37-31-19-17-15-13-11-8-2/h65-69,74H,7-64H2,1-6H3,(H,79,80)(H,81,82)/t66?,67-,68-,69-/m1/s1. The van der Waals surface area contributed by atoms with Crippen molar-refractivity contribution in [2.45, 2.75) is 394 Å². The van der Waals surface area contributed by atoms with Crippen molar-refractivity contribution in [3.05, 3.63) is 0 Å². The minimum absolute atomic E-state index is 0.105. The topological polar surface area (TPSA) is 237 Å². The molecule has 0 aromatic rings. The fraction of sp³-hybridized carbons (Fsp3) is 0.945. The highest BCUT2D eigenvalue weighted by atomic mass is 31.2. The second-order valence-corrected chi connectivity index (χ2v) is 30.0. The Balaban J connectivity index is 5.17. The van der Waals surface area contributed by atoms with Gasteiger partial charge in [0.25, 0.3) is 0 Å². The van der Waals surface area contributed by atoms with Crippen LogP contribution in [0, 0.1) is 11.8 Å². The highest BCUT2D eigenvalue weighted by Gasteiger charge is 2.30. The first-order valence-electron chi connectivity index (χ1n) is 38.0. The summed E-state index contributed by atoms with van der Waals surface area (Å²) in [6.07, 6.45) is 51.6. The zero-order valence-electron chi connectivity index (χ0n) is 59.9. The highest BCUT2D eigenvalue weighted by molar-refractivity contribution is 7.47. The number of aliphatic hydroxyl groups excluding tert-OH is 1. The SMILES string of the molecule is CCCCCCCCCCCCCCCCCCCCCCCC(=O)O[C@H](COC(=O)CCCCCCCCCCC(C)CC)COP(=O)(O)OC[C@@H](O)COP(=O)(O)OC[C@@H](COC(=O)CCCCCCCCC(C)C)OC(=O)CCCCCCCCCCCC. The van der Waals surface area contributed by atoms with Gasteiger partial charge in [-0.05, 0) is 37.5 Å². The smallest absolute Gasteiger partial charge is 0.462 e. The minimum atomic E-state index is -4.95. The lowest BCUT2D eigenvalue weighted by Gasteiger charge is -2.21. The van der Waals surface area contributed by atoms with Crippen LogP contribution in [0.4, 0.5) is 0 Å². The van der Waals surface area contributed by atoms with E-state index in [1.165, 1.54) is 186 Å². The molecule has 0 spiro atoms. The molecule has 92 heavy (non-hydrogen) atoms. The molecule has 0 amide bonds. The third-order valence-electron chi connectivity index (χ3n) is 17.3. The van der Waals surface area contributed by atoms with Crippen LogP contribution in [0.3, 0.4) is 0 Å². The summed E-state index contributed by atoms with van der Waals surface area (Å²) in [5.41, 5.74) is 0. The molecule has 6 atom stereocenters. The number of phosphoric ester groups is 2. The number of carbonyl (C=O) groups is 4. The van der Waals surface area contributed by atoms with Gasteiger partial charge in [0.1, 0.15) is 19.3 Å². The molecular formula is C73H142O17P2. The first-order valence-corrected chi connectivity index (χ1v) is 41.0. The van der Waals surface area contributed by atoms with Crippen molar-refractivity contribution in [2.24, 2.45) is 11.8 Å². The van der Waals surface area contributed by atoms with E-state index in [9.17, 15) is 43.2 Å². The van der Waals surface area contributed by atoms with Gasteiger partial charge in [-0.2, -0.15) is 0 Å². The van der Waals surface area contributed by atoms with E-state index in [1.807, 2.05) is 0 Å². The number of hydrogen-bond donors (Lipinski definition) is 3. The zero-order valence-corrected chi connectivity index (χ0v) is 61.6. The summed E-state index contributed by atoms with van der Waals surface area (Å²) in [6, 6.07) is 0. The average molecular weight is 1350 g/mol. The van der Waals surface area contributed by atoms with Crippen LogP contribution in [0.2, 0.25) is 0 Å². The molecule has 0 bridgehead atoms. The molecule has 0 heterocycles. The third kappa shape index (κ3) is 65.4. The van der Waals surface area contributed by atoms with E-state index in [4.69, 9.17) is 37.0 Å². The minimum Gasteiger partial charge on any atom is -0.462 e. The summed E-state index contributed by atoms with van der Waals surface area (Å²) < 4.78 is 68.3. The molecule has 19 heteroatoms. The Bertz CT molecular complexity index is 1790. The lowest BCUT2D eigenvalue weighted by Crippen LogP contribution is -2.30. The molecule has 0 rings (SSSR count). The number of aliphatic hydroxyl groups is 1. The van der Waals surface area contributed by atoms with Gasteiger partial charge in [-0.3, -0.25) is 37.3 Å². The van der Waals surface area contributed by atoms with Crippen molar-refractivity contribution in [1.29, 1.82) is 0 Å². The summed E-state index contributed by atoms with van der Waals surface area (Å²) in [4.78, 5) is 72.5. The van der Waals surface area contributed by atoms with Crippen LogP contribution in [-0.4, -0.2) is 96.7 Å². The van der Waals surface area contributed by atoms with E-state index in [-0.39, 0.29) is 25.7 Å². The number of carbonyl (C=O) groups excluding carboxylic acids is 4. The first kappa shape index (κ1) is 90.1. The van der Waals surface area contributed by atoms with Crippen molar-refractivity contribution < 1.29 is 80.2 Å². The molecule has 0 aromatic heterocycles. The van der Waals surface area contributed by atoms with Crippen LogP contribution < -0.4 is 0 Å². The molecule has 0 aliphatic rings. The maximum atomic E-state index is 13.0. The van der Waals surface area contributed by atoms with Gasteiger partial charge < -0.3 is 33.8 Å². The van der Waals surface area contributed by atoms with Crippen molar-refractivity contribution in [1.82, 2.24) is 0 Å². The molecule has 3 unspecified atom stereocenters. The van der Waals surface area contributed by atoms with Gasteiger partial charge in [0.05, 0.1) is 26.4 Å². The number of unbranched alkanes of at least 4 members (excludes halogenated alkanes) is 41. The maximum absolute atomic E-state index is 13.0. The first-order chi connectivity index (χ1) is 44.4. The second kappa shape index (κ2) is 65.0. The molecule has 0 aliphatic carbocycles. The molecule has 0 saturated heterocycles. The molecule has 3 N–H and O–H groups in total. The summed E-state index contributed by atoms with van der Waals surface area (Å²) in [5, 5.41) is 10.6. The number of ether oxygens (including phenoxy) is 4. The van der Waals surface area contributed by atoms with Gasteiger partial charge in [-0.15, -0.1) is 0 Å². The van der Waals surface area contributed by atoms with Crippen molar-refractivity contribution >= 4 is 39.5 Å². The van der Waals surface area contributed by atoms with Crippen LogP contribution in [0.15, 0.2) is 0 Å². The molecular weight excluding hydrogens is 1210 g/mol. The van der Waals surface area contributed by atoms with Gasteiger partial charge in [-0.25, -0.2) is 9.13 Å². The Hall–Kier alpha value is -1.94. The second-order valence-electron chi connectivity index (χ2n) is 27.1. The van der Waals surface area contributed by atoms with E-state index in [2.05, 4.69) is 41.5 Å². The number of phosphoric acid groups is 2. The Labute approximate surface area is 562 Å². The summed E-state index contributed by atoms with van der Waals surface area (Å²) in [7, 11) is -9.90. The van der Waals surface area contributed by atoms with Crippen LogP contribution in [0.25, 0.3) is 0 Å². The van der Waals surface area contributed by atoms with Gasteiger partial charge in [-0.1, -0.05) is 324 Å². The van der Waals surface area contributed by atoms with Crippen LogP contribution in [0.1, 0.15) is 375 Å². The summed E-state index contributed by atoms with van der Waals surface area (Å²) in [6.45, 7) is 9.47. The molecule has 0 fully saturated rings. The van der Waals surface area contributed by atoms with E-state index in [0.29, 0.717) is 31.6 Å². The van der Waals surface area contributed by atoms with Gasteiger partial charge >= 0.3 is 39.5 Å². The normalized spacial score (nSPS) is 14.4. The molecule has 546 valence electrons. The van der Waals surface area contributed by atoms with Crippen molar-refractivity contribution in [3.63, 3.8) is 0 Å². The number of rotatable bonds is 72. The van der Waals surface area contributed by atoms with E-state index in [0.717, 1.165) is 102 Å². The van der Waals surface area contributed by atoms with Crippen molar-refractivity contribution in [3.8, 4) is 0 Å². The Kier molecular flexibility index (Phi) is 63.7. The third-order valence-corrected chi connectivity index (χ3v) is 19.2. The fourth-order valence-electron chi connectivity index (χ4n) is 11.1. The van der Waals surface area contributed by atoms with E-state index in [1.54, 1.807) is 0 Å². The molecule has 17 nitrogen and oxygen atoms in total. The van der Waals surface area contributed by atoms with Gasteiger partial charge in [0.2, 0.25) is 0 Å². The molecule has 0 aromatic carbocycles. The predicted octanol–water partition coefficient (Wildman–Crippen LogP) is 21.2. The number of hydrogen-bond acceptors (Lipinski definition) is 15. The Morgan fingerprint density at radius 1 is 0.315 bits per heavy atom. The van der Waals surface area contributed by atoms with Gasteiger partial charge in [0, 0.05) is 25.7 Å². The lowest BCUT2D eigenvalue weighted by molar-refractivity contribution is -0.161. The van der Waals surface area contributed by atoms with Gasteiger partial charge in [0.15, 0.2) is 12.2 Å². The molecule has 0 radical (unpaired) electrons. The average Bonchev–Trinajstić information content (AvgIpc) is 2.47.